The summed E-state index contributed by atoms with van der Waals surface area (Å²) in [5, 5.41) is 1.98. The Kier molecular flexibility index (Phi) is 8.54. The number of alkyl halides is 9. The number of hydrogen-bond donors (Lipinski definition) is 2. The molecule has 31 heavy (non-hydrogen) atoms. The molecule has 1 amide bonds. The molecule has 7 nitrogen and oxygen atoms in total. The predicted molar refractivity (Wildman–Crippen MR) is 87.4 cm³/mol. The third-order valence-corrected chi connectivity index (χ3v) is 6.34. The number of carbonyl (C=O) groups is 1. The first kappa shape index (κ1) is 29.7. The van der Waals surface area contributed by atoms with Crippen LogP contribution in [0.3, 0.4) is 0 Å². The van der Waals surface area contributed by atoms with Gasteiger partial charge in [0.05, 0.1) is 22.8 Å². The second-order valence-electron chi connectivity index (χ2n) is 7.16. The van der Waals surface area contributed by atoms with E-state index in [1.54, 1.807) is 0 Å². The largest absolute Gasteiger partial charge is 0.460 e. The van der Waals surface area contributed by atoms with Crippen LogP contribution in [0.2, 0.25) is 0 Å². The van der Waals surface area contributed by atoms with Gasteiger partial charge in [0.2, 0.25) is 5.91 Å². The van der Waals surface area contributed by atoms with Crippen LogP contribution < -0.4 is 5.32 Å². The summed E-state index contributed by atoms with van der Waals surface area (Å²) in [5.41, 5.74) is -1.60. The summed E-state index contributed by atoms with van der Waals surface area (Å²) in [7, 11) is -9.37. The number of amides is 1. The highest BCUT2D eigenvalue weighted by molar-refractivity contribution is 7.91. The highest BCUT2D eigenvalue weighted by Crippen LogP contribution is 2.54. The second kappa shape index (κ2) is 8.92. The standard InChI is InChI=1S/C13H18F9NO6S2/c1-9(2,7-31(27,28)29)23-8(24)3-5-30(25,26)6-4-10(14,15)11(16,17)12(18,19)13(20,21)22/h3-7H2,1-2H3,(H,23,24)(H,27,28,29). The Balaban J connectivity index is 5.11. The Morgan fingerprint density at radius 3 is 1.68 bits per heavy atom. The van der Waals surface area contributed by atoms with Crippen molar-refractivity contribution >= 4 is 25.9 Å². The zero-order valence-electron chi connectivity index (χ0n) is 15.7. The van der Waals surface area contributed by atoms with E-state index in [4.69, 9.17) is 4.55 Å². The van der Waals surface area contributed by atoms with Crippen molar-refractivity contribution < 1.29 is 65.7 Å². The van der Waals surface area contributed by atoms with Gasteiger partial charge in [0.25, 0.3) is 10.1 Å². The maximum absolute atomic E-state index is 13.4. The third kappa shape index (κ3) is 8.28. The van der Waals surface area contributed by atoms with Gasteiger partial charge in [-0.3, -0.25) is 9.35 Å². The van der Waals surface area contributed by atoms with Crippen molar-refractivity contribution in [3.05, 3.63) is 0 Å². The van der Waals surface area contributed by atoms with Gasteiger partial charge in [-0.15, -0.1) is 0 Å². The minimum absolute atomic E-state index is 0.993. The first-order chi connectivity index (χ1) is 13.3. The molecule has 0 rings (SSSR count). The molecule has 0 aliphatic rings. The highest BCUT2D eigenvalue weighted by atomic mass is 32.2. The van der Waals surface area contributed by atoms with Gasteiger partial charge in [-0.05, 0) is 13.8 Å². The zero-order chi connectivity index (χ0) is 25.3. The van der Waals surface area contributed by atoms with Gasteiger partial charge in [0, 0.05) is 12.8 Å². The molecule has 0 aromatic rings. The third-order valence-electron chi connectivity index (χ3n) is 3.60. The average Bonchev–Trinajstić information content (AvgIpc) is 2.47. The van der Waals surface area contributed by atoms with E-state index in [0.29, 0.717) is 0 Å². The summed E-state index contributed by atoms with van der Waals surface area (Å²) >= 11 is 0. The summed E-state index contributed by atoms with van der Waals surface area (Å²) in [6.07, 6.45) is -10.6. The second-order valence-corrected chi connectivity index (χ2v) is 10.9. The van der Waals surface area contributed by atoms with E-state index < -0.39 is 85.4 Å². The number of hydrogen-bond acceptors (Lipinski definition) is 5. The number of sulfone groups is 1. The maximum atomic E-state index is 13.4. The molecule has 0 bridgehead atoms. The summed E-state index contributed by atoms with van der Waals surface area (Å²) in [5.74, 6) is -25.6. The molecule has 0 aromatic heterocycles. The topological polar surface area (TPSA) is 118 Å². The first-order valence-corrected chi connectivity index (χ1v) is 11.4. The molecular weight excluding hydrogens is 501 g/mol. The molecule has 0 aliphatic heterocycles. The van der Waals surface area contributed by atoms with Gasteiger partial charge in [0.1, 0.15) is 0 Å². The van der Waals surface area contributed by atoms with Gasteiger partial charge in [0.15, 0.2) is 9.84 Å². The Labute approximate surface area is 171 Å². The number of nitrogens with one attached hydrogen (secondary N) is 1. The molecular formula is C13H18F9NO6S2. The van der Waals surface area contributed by atoms with Crippen molar-refractivity contribution in [1.82, 2.24) is 5.32 Å². The number of rotatable bonds is 11. The van der Waals surface area contributed by atoms with Crippen LogP contribution in [0.5, 0.6) is 0 Å². The summed E-state index contributed by atoms with van der Waals surface area (Å²) in [6, 6.07) is 0. The van der Waals surface area contributed by atoms with Crippen molar-refractivity contribution in [1.29, 1.82) is 0 Å². The normalized spacial score (nSPS) is 15.1. The van der Waals surface area contributed by atoms with Crippen molar-refractivity contribution in [2.45, 2.75) is 56.2 Å². The fourth-order valence-electron chi connectivity index (χ4n) is 2.13. The minimum Gasteiger partial charge on any atom is -0.350 e. The summed E-state index contributed by atoms with van der Waals surface area (Å²) in [4.78, 5) is 11.6. The smallest absolute Gasteiger partial charge is 0.350 e. The van der Waals surface area contributed by atoms with Crippen LogP contribution in [0.25, 0.3) is 0 Å². The quantitative estimate of drug-likeness (QED) is 0.320. The Hall–Kier alpha value is -1.30. The van der Waals surface area contributed by atoms with Crippen molar-refractivity contribution in [3.63, 3.8) is 0 Å². The fourth-order valence-corrected chi connectivity index (χ4v) is 4.38. The summed E-state index contributed by atoms with van der Waals surface area (Å²) < 4.78 is 168. The van der Waals surface area contributed by atoms with Crippen LogP contribution in [-0.2, 0) is 24.7 Å². The molecule has 0 heterocycles. The van der Waals surface area contributed by atoms with Crippen molar-refractivity contribution in [2.75, 3.05) is 17.3 Å². The molecule has 0 fully saturated rings. The molecule has 0 aliphatic carbocycles. The lowest BCUT2D eigenvalue weighted by atomic mass is 10.0. The van der Waals surface area contributed by atoms with Crippen LogP contribution in [-0.4, -0.2) is 74.0 Å². The highest BCUT2D eigenvalue weighted by Gasteiger charge is 2.81. The molecule has 0 atom stereocenters. The minimum atomic E-state index is -7.15. The van der Waals surface area contributed by atoms with E-state index in [2.05, 4.69) is 0 Å². The summed E-state index contributed by atoms with van der Waals surface area (Å²) in [6.45, 7) is 2.22. The zero-order valence-corrected chi connectivity index (χ0v) is 17.4. The van der Waals surface area contributed by atoms with Crippen molar-refractivity contribution in [2.24, 2.45) is 0 Å². The monoisotopic (exact) mass is 519 g/mol. The van der Waals surface area contributed by atoms with Gasteiger partial charge < -0.3 is 5.32 Å². The molecule has 0 aromatic carbocycles. The number of halogens is 9. The van der Waals surface area contributed by atoms with E-state index in [1.165, 1.54) is 0 Å². The molecule has 0 radical (unpaired) electrons. The lowest BCUT2D eigenvalue weighted by Gasteiger charge is -2.33. The predicted octanol–water partition coefficient (Wildman–Crippen LogP) is 2.43. The SMILES string of the molecule is CC(C)(CS(=O)(=O)O)NC(=O)CCS(=O)(=O)CCC(F)(F)C(F)(F)C(F)(F)C(F)(F)F. The van der Waals surface area contributed by atoms with E-state index in [9.17, 15) is 61.1 Å². The van der Waals surface area contributed by atoms with E-state index in [-0.39, 0.29) is 0 Å². The maximum Gasteiger partial charge on any atom is 0.460 e. The van der Waals surface area contributed by atoms with E-state index >= 15 is 0 Å². The van der Waals surface area contributed by atoms with Crippen LogP contribution in [0.15, 0.2) is 0 Å². The first-order valence-electron chi connectivity index (χ1n) is 7.93. The van der Waals surface area contributed by atoms with Crippen molar-refractivity contribution in [3.8, 4) is 0 Å². The van der Waals surface area contributed by atoms with Gasteiger partial charge in [-0.25, -0.2) is 8.42 Å². The molecule has 18 heteroatoms. The molecule has 2 N–H and O–H groups in total. The number of carbonyl (C=O) groups excluding carboxylic acids is 1. The molecule has 0 spiro atoms. The van der Waals surface area contributed by atoms with Crippen LogP contribution >= 0.6 is 0 Å². The van der Waals surface area contributed by atoms with Crippen LogP contribution in [0.1, 0.15) is 26.7 Å². The van der Waals surface area contributed by atoms with Gasteiger partial charge >= 0.3 is 23.9 Å². The van der Waals surface area contributed by atoms with E-state index in [0.717, 1.165) is 13.8 Å². The molecule has 0 saturated carbocycles. The molecule has 0 unspecified atom stereocenters. The Morgan fingerprint density at radius 1 is 0.839 bits per heavy atom. The fraction of sp³-hybridized carbons (Fsp3) is 0.923. The lowest BCUT2D eigenvalue weighted by Crippen LogP contribution is -2.61. The van der Waals surface area contributed by atoms with Gasteiger partial charge in [-0.1, -0.05) is 0 Å². The van der Waals surface area contributed by atoms with Gasteiger partial charge in [-0.2, -0.15) is 47.9 Å². The van der Waals surface area contributed by atoms with E-state index in [1.807, 2.05) is 5.32 Å². The van der Waals surface area contributed by atoms with Crippen LogP contribution in [0, 0.1) is 0 Å². The average molecular weight is 519 g/mol. The lowest BCUT2D eigenvalue weighted by molar-refractivity contribution is -0.396. The Morgan fingerprint density at radius 2 is 1.29 bits per heavy atom. The Bertz CT molecular complexity index is 866. The van der Waals surface area contributed by atoms with Crippen LogP contribution in [0.4, 0.5) is 39.5 Å². The molecule has 186 valence electrons. The molecule has 0 saturated heterocycles.